The second kappa shape index (κ2) is 10.9. The van der Waals surface area contributed by atoms with Gasteiger partial charge in [-0.15, -0.1) is 0 Å². The molecule has 1 aliphatic heterocycles. The fourth-order valence-corrected chi connectivity index (χ4v) is 5.11. The number of carbonyl (C=O) groups is 1. The van der Waals surface area contributed by atoms with Gasteiger partial charge < -0.3 is 19.1 Å². The van der Waals surface area contributed by atoms with Crippen LogP contribution in [0.5, 0.6) is 17.2 Å². The molecule has 0 spiro atoms. The first kappa shape index (κ1) is 24.9. The van der Waals surface area contributed by atoms with Crippen LogP contribution in [0.4, 0.5) is 0 Å². The minimum Gasteiger partial charge on any atom is -0.493 e. The summed E-state index contributed by atoms with van der Waals surface area (Å²) in [4.78, 5) is 14.4. The van der Waals surface area contributed by atoms with Gasteiger partial charge in [-0.2, -0.15) is 4.31 Å². The highest BCUT2D eigenvalue weighted by Gasteiger charge is 2.30. The predicted molar refractivity (Wildman–Crippen MR) is 126 cm³/mol. The van der Waals surface area contributed by atoms with Crippen LogP contribution in [-0.4, -0.2) is 70.5 Å². The summed E-state index contributed by atoms with van der Waals surface area (Å²) in [5.74, 6) is 1.96. The highest BCUT2D eigenvalue weighted by molar-refractivity contribution is 7.89. The van der Waals surface area contributed by atoms with E-state index in [0.29, 0.717) is 30.5 Å². The SMILES string of the molecule is COc1ccc(S(=O)(=O)N2CCN(C(=O)CCOc3ccc(C(C)C)cc3)CC2)cc1OC. The van der Waals surface area contributed by atoms with Crippen molar-refractivity contribution in [2.75, 3.05) is 47.0 Å². The van der Waals surface area contributed by atoms with Gasteiger partial charge in [-0.25, -0.2) is 8.42 Å². The zero-order chi connectivity index (χ0) is 24.0. The van der Waals surface area contributed by atoms with Crippen molar-refractivity contribution in [3.05, 3.63) is 48.0 Å². The average molecular weight is 477 g/mol. The van der Waals surface area contributed by atoms with E-state index in [2.05, 4.69) is 13.8 Å². The van der Waals surface area contributed by atoms with Crippen molar-refractivity contribution in [2.45, 2.75) is 31.1 Å². The van der Waals surface area contributed by atoms with Gasteiger partial charge in [0.05, 0.1) is 32.1 Å². The van der Waals surface area contributed by atoms with Crippen molar-refractivity contribution in [1.29, 1.82) is 0 Å². The first-order valence-electron chi connectivity index (χ1n) is 11.0. The van der Waals surface area contributed by atoms with Crippen molar-refractivity contribution >= 4 is 15.9 Å². The molecule has 0 atom stereocenters. The molecule has 1 heterocycles. The molecule has 0 unspecified atom stereocenters. The zero-order valence-electron chi connectivity index (χ0n) is 19.6. The van der Waals surface area contributed by atoms with Gasteiger partial charge in [-0.05, 0) is 35.7 Å². The second-order valence-corrected chi connectivity index (χ2v) is 10.1. The van der Waals surface area contributed by atoms with Crippen molar-refractivity contribution in [2.24, 2.45) is 0 Å². The van der Waals surface area contributed by atoms with Gasteiger partial charge in [0.25, 0.3) is 0 Å². The van der Waals surface area contributed by atoms with Crippen LogP contribution < -0.4 is 14.2 Å². The molecule has 9 heteroatoms. The first-order valence-corrected chi connectivity index (χ1v) is 12.4. The maximum atomic E-state index is 13.0. The molecular formula is C24H32N2O6S. The Kier molecular flexibility index (Phi) is 8.20. The van der Waals surface area contributed by atoms with Crippen molar-refractivity contribution in [1.82, 2.24) is 9.21 Å². The molecule has 2 aromatic rings. The Labute approximate surface area is 196 Å². The maximum Gasteiger partial charge on any atom is 0.243 e. The number of benzene rings is 2. The quantitative estimate of drug-likeness (QED) is 0.553. The van der Waals surface area contributed by atoms with Crippen molar-refractivity contribution in [3.63, 3.8) is 0 Å². The Bertz CT molecular complexity index is 1050. The Morgan fingerprint density at radius 3 is 2.15 bits per heavy atom. The van der Waals surface area contributed by atoms with E-state index in [1.807, 2.05) is 24.3 Å². The number of sulfonamides is 1. The summed E-state index contributed by atoms with van der Waals surface area (Å²) in [6.07, 6.45) is 0.244. The Hall–Kier alpha value is -2.78. The van der Waals surface area contributed by atoms with E-state index >= 15 is 0 Å². The molecule has 8 nitrogen and oxygen atoms in total. The fraction of sp³-hybridized carbons (Fsp3) is 0.458. The number of carbonyl (C=O) groups excluding carboxylic acids is 1. The second-order valence-electron chi connectivity index (χ2n) is 8.12. The number of amides is 1. The number of nitrogens with zero attached hydrogens (tertiary/aromatic N) is 2. The van der Waals surface area contributed by atoms with Crippen LogP contribution in [0.3, 0.4) is 0 Å². The van der Waals surface area contributed by atoms with Crippen LogP contribution in [-0.2, 0) is 14.8 Å². The predicted octanol–water partition coefficient (Wildman–Crippen LogP) is 3.13. The minimum absolute atomic E-state index is 0.0445. The Morgan fingerprint density at radius 2 is 1.58 bits per heavy atom. The summed E-state index contributed by atoms with van der Waals surface area (Å²) >= 11 is 0. The average Bonchev–Trinajstić information content (AvgIpc) is 2.83. The largest absolute Gasteiger partial charge is 0.493 e. The summed E-state index contributed by atoms with van der Waals surface area (Å²) in [5.41, 5.74) is 1.24. The van der Waals surface area contributed by atoms with Gasteiger partial charge >= 0.3 is 0 Å². The number of methoxy groups -OCH3 is 2. The molecule has 0 aliphatic carbocycles. The summed E-state index contributed by atoms with van der Waals surface area (Å²) in [5, 5.41) is 0. The molecule has 180 valence electrons. The first-order chi connectivity index (χ1) is 15.8. The standard InChI is InChI=1S/C24H32N2O6S/c1-18(2)19-5-7-20(8-6-19)32-16-11-24(27)25-12-14-26(15-13-25)33(28,29)21-9-10-22(30-3)23(17-21)31-4/h5-10,17-18H,11-16H2,1-4H3. The number of rotatable bonds is 9. The highest BCUT2D eigenvalue weighted by atomic mass is 32.2. The lowest BCUT2D eigenvalue weighted by Crippen LogP contribution is -2.50. The van der Waals surface area contributed by atoms with Crippen LogP contribution in [0.2, 0.25) is 0 Å². The van der Waals surface area contributed by atoms with Gasteiger partial charge in [0.15, 0.2) is 11.5 Å². The lowest BCUT2D eigenvalue weighted by molar-refractivity contribution is -0.132. The molecule has 0 saturated carbocycles. The topological polar surface area (TPSA) is 85.4 Å². The van der Waals surface area contributed by atoms with Crippen LogP contribution in [0, 0.1) is 0 Å². The molecule has 1 saturated heterocycles. The van der Waals surface area contributed by atoms with Gasteiger partial charge in [-0.3, -0.25) is 4.79 Å². The highest BCUT2D eigenvalue weighted by Crippen LogP contribution is 2.31. The van der Waals surface area contributed by atoms with Crippen LogP contribution in [0.1, 0.15) is 31.7 Å². The summed E-state index contributed by atoms with van der Waals surface area (Å²) < 4.78 is 43.6. The van der Waals surface area contributed by atoms with Gasteiger partial charge in [-0.1, -0.05) is 26.0 Å². The van der Waals surface area contributed by atoms with Crippen LogP contribution >= 0.6 is 0 Å². The third kappa shape index (κ3) is 5.97. The minimum atomic E-state index is -3.70. The molecule has 33 heavy (non-hydrogen) atoms. The molecule has 0 N–H and O–H groups in total. The van der Waals surface area contributed by atoms with E-state index in [4.69, 9.17) is 14.2 Å². The number of hydrogen-bond acceptors (Lipinski definition) is 6. The summed E-state index contributed by atoms with van der Waals surface area (Å²) in [7, 11) is -0.739. The lowest BCUT2D eigenvalue weighted by atomic mass is 10.0. The molecule has 1 aliphatic rings. The fourth-order valence-electron chi connectivity index (χ4n) is 3.67. The van der Waals surface area contributed by atoms with E-state index in [1.54, 1.807) is 11.0 Å². The molecule has 3 rings (SSSR count). The lowest BCUT2D eigenvalue weighted by Gasteiger charge is -2.34. The zero-order valence-corrected chi connectivity index (χ0v) is 20.4. The van der Waals surface area contributed by atoms with E-state index in [9.17, 15) is 13.2 Å². The smallest absolute Gasteiger partial charge is 0.243 e. The third-order valence-electron chi connectivity index (χ3n) is 5.72. The van der Waals surface area contributed by atoms with E-state index in [-0.39, 0.29) is 36.9 Å². The number of ether oxygens (including phenoxy) is 3. The molecule has 0 bridgehead atoms. The van der Waals surface area contributed by atoms with Crippen molar-refractivity contribution < 1.29 is 27.4 Å². The normalized spacial score (nSPS) is 14.9. The summed E-state index contributed by atoms with van der Waals surface area (Å²) in [6.45, 7) is 5.70. The van der Waals surface area contributed by atoms with Gasteiger partial charge in [0.1, 0.15) is 5.75 Å². The summed E-state index contributed by atoms with van der Waals surface area (Å²) in [6, 6.07) is 12.4. The molecule has 1 amide bonds. The number of piperazine rings is 1. The van der Waals surface area contributed by atoms with E-state index < -0.39 is 10.0 Å². The van der Waals surface area contributed by atoms with Crippen molar-refractivity contribution in [3.8, 4) is 17.2 Å². The maximum absolute atomic E-state index is 13.0. The number of hydrogen-bond donors (Lipinski definition) is 0. The van der Waals surface area contributed by atoms with E-state index in [0.717, 1.165) is 5.75 Å². The molecule has 0 radical (unpaired) electrons. The Balaban J connectivity index is 1.51. The van der Waals surface area contributed by atoms with E-state index in [1.165, 1.54) is 36.2 Å². The van der Waals surface area contributed by atoms with Gasteiger partial charge in [0.2, 0.25) is 15.9 Å². The van der Waals surface area contributed by atoms with Gasteiger partial charge in [0, 0.05) is 32.2 Å². The Morgan fingerprint density at radius 1 is 0.939 bits per heavy atom. The monoisotopic (exact) mass is 476 g/mol. The molecular weight excluding hydrogens is 444 g/mol. The molecule has 2 aromatic carbocycles. The van der Waals surface area contributed by atoms with Crippen LogP contribution in [0.15, 0.2) is 47.4 Å². The van der Waals surface area contributed by atoms with Crippen LogP contribution in [0.25, 0.3) is 0 Å². The molecule has 0 aromatic heterocycles. The molecule has 1 fully saturated rings. The third-order valence-corrected chi connectivity index (χ3v) is 7.61.